The summed E-state index contributed by atoms with van der Waals surface area (Å²) in [5.41, 5.74) is 2.59. The van der Waals surface area contributed by atoms with E-state index in [1.807, 2.05) is 6.92 Å². The van der Waals surface area contributed by atoms with Crippen LogP contribution < -0.4 is 9.47 Å². The number of fused-ring (bicyclic) bond motifs is 1. The van der Waals surface area contributed by atoms with Crippen LogP contribution in [0, 0.1) is 6.92 Å². The normalized spacial score (nSPS) is 14.1. The van der Waals surface area contributed by atoms with E-state index in [0.29, 0.717) is 34.3 Å². The zero-order valence-corrected chi connectivity index (χ0v) is 14.6. The number of aryl methyl sites for hydroxylation is 1. The number of halogens is 1. The molecule has 4 rings (SSSR count). The van der Waals surface area contributed by atoms with Crippen LogP contribution in [0.2, 0.25) is 0 Å². The van der Waals surface area contributed by atoms with E-state index in [-0.39, 0.29) is 12.4 Å². The Morgan fingerprint density at radius 1 is 1.07 bits per heavy atom. The smallest absolute Gasteiger partial charge is 0.248 e. The number of hydrogen-bond acceptors (Lipinski definition) is 8. The monoisotopic (exact) mass is 384 g/mol. The molecule has 0 atom stereocenters. The molecule has 0 aromatic carbocycles. The highest BCUT2D eigenvalue weighted by atomic mass is 18.2. The molecule has 0 aliphatic rings. The second-order valence-corrected chi connectivity index (χ2v) is 5.63. The summed E-state index contributed by atoms with van der Waals surface area (Å²) in [6, 6.07) is 6.22. The summed E-state index contributed by atoms with van der Waals surface area (Å²) in [6.45, 7) is -4.94. The van der Waals surface area contributed by atoms with Gasteiger partial charge in [0.15, 0.2) is 0 Å². The van der Waals surface area contributed by atoms with Crippen LogP contribution >= 0.6 is 0 Å². The van der Waals surface area contributed by atoms with Gasteiger partial charge in [-0.05, 0) is 25.1 Å². The topological polar surface area (TPSA) is 96.1 Å². The second kappa shape index (κ2) is 7.95. The van der Waals surface area contributed by atoms with E-state index in [1.54, 1.807) is 12.1 Å². The van der Waals surface area contributed by atoms with Crippen LogP contribution in [0.5, 0.6) is 11.5 Å². The van der Waals surface area contributed by atoms with Gasteiger partial charge in [0.25, 0.3) is 0 Å². The Labute approximate surface area is 165 Å². The average molecular weight is 384 g/mol. The van der Waals surface area contributed by atoms with Gasteiger partial charge in [0, 0.05) is 11.8 Å². The van der Waals surface area contributed by atoms with Gasteiger partial charge < -0.3 is 13.9 Å². The van der Waals surface area contributed by atoms with Crippen molar-refractivity contribution in [1.82, 2.24) is 24.9 Å². The van der Waals surface area contributed by atoms with Crippen molar-refractivity contribution >= 4 is 11.2 Å². The third-order valence-electron chi connectivity index (χ3n) is 3.64. The van der Waals surface area contributed by atoms with E-state index in [1.165, 1.54) is 24.7 Å². The maximum atomic E-state index is 13.2. The van der Waals surface area contributed by atoms with E-state index in [9.17, 15) is 4.39 Å². The van der Waals surface area contributed by atoms with Crippen molar-refractivity contribution in [3.63, 3.8) is 0 Å². The molecule has 0 aliphatic heterocycles. The van der Waals surface area contributed by atoms with E-state index in [2.05, 4.69) is 24.9 Å². The predicted molar refractivity (Wildman–Crippen MR) is 97.6 cm³/mol. The molecule has 0 spiro atoms. The van der Waals surface area contributed by atoms with E-state index in [4.69, 9.17) is 19.4 Å². The van der Waals surface area contributed by atoms with Crippen molar-refractivity contribution in [2.75, 3.05) is 13.2 Å². The molecule has 0 radical (unpaired) electrons. The van der Waals surface area contributed by atoms with E-state index in [0.717, 1.165) is 11.9 Å². The molecule has 4 heterocycles. The molecule has 0 amide bonds. The molecule has 0 bridgehead atoms. The van der Waals surface area contributed by atoms with Gasteiger partial charge in [-0.2, -0.15) is 0 Å². The molecule has 0 unspecified atom stereocenters. The van der Waals surface area contributed by atoms with Crippen molar-refractivity contribution in [3.8, 4) is 23.1 Å². The summed E-state index contributed by atoms with van der Waals surface area (Å²) in [7, 11) is 0. The fraction of sp³-hybridized carbons (Fsp3) is 0.211. The van der Waals surface area contributed by atoms with Crippen LogP contribution in [-0.4, -0.2) is 38.1 Å². The largest absolute Gasteiger partial charge is 0.489 e. The number of nitrogens with zero attached hydrogens (tertiary/aromatic N) is 5. The SMILES string of the molecule is [2H]C([2H])([18F])C([2H])([2H])Oc1ccc(COc2cnc3oc(-c4cc(C)ncn4)nc3c2)nc1. The molecule has 4 aromatic rings. The fourth-order valence-electron chi connectivity index (χ4n) is 2.36. The molecule has 0 aliphatic carbocycles. The van der Waals surface area contributed by atoms with Crippen molar-refractivity contribution in [2.45, 2.75) is 13.5 Å². The van der Waals surface area contributed by atoms with Crippen molar-refractivity contribution < 1.29 is 23.8 Å². The molecule has 142 valence electrons. The Balaban J connectivity index is 1.43. The van der Waals surface area contributed by atoms with Crippen LogP contribution in [-0.2, 0) is 6.61 Å². The maximum Gasteiger partial charge on any atom is 0.248 e. The highest BCUT2D eigenvalue weighted by Crippen LogP contribution is 2.24. The molecule has 0 fully saturated rings. The fourth-order valence-corrected chi connectivity index (χ4v) is 2.36. The van der Waals surface area contributed by atoms with Gasteiger partial charge >= 0.3 is 0 Å². The standard InChI is InChI=1S/C19H16FN5O3/c1-12-6-16(24-11-23-12)19-25-17-7-15(9-22-18(17)28-19)27-10-13-2-3-14(8-21-13)26-5-4-20/h2-3,6-9,11H,4-5,10H2,1H3/i4D2,5D2,20-1. The van der Waals surface area contributed by atoms with Gasteiger partial charge in [-0.3, -0.25) is 4.98 Å². The number of oxazole rings is 1. The Morgan fingerprint density at radius 2 is 1.96 bits per heavy atom. The lowest BCUT2D eigenvalue weighted by atomic mass is 10.3. The second-order valence-electron chi connectivity index (χ2n) is 5.63. The number of aromatic nitrogens is 5. The minimum absolute atomic E-state index is 0.0557. The number of alkyl halides is 1. The summed E-state index contributed by atoms with van der Waals surface area (Å²) in [6.07, 6.45) is 4.04. The third kappa shape index (κ3) is 4.03. The van der Waals surface area contributed by atoms with Crippen LogP contribution in [0.3, 0.4) is 0 Å². The minimum atomic E-state index is -3.67. The average Bonchev–Trinajstić information content (AvgIpc) is 3.16. The highest BCUT2D eigenvalue weighted by Gasteiger charge is 2.12. The van der Waals surface area contributed by atoms with E-state index < -0.39 is 13.2 Å². The van der Waals surface area contributed by atoms with Crippen molar-refractivity contribution in [2.24, 2.45) is 0 Å². The van der Waals surface area contributed by atoms with Crippen molar-refractivity contribution in [3.05, 3.63) is 54.4 Å². The first-order valence-electron chi connectivity index (χ1n) is 10.1. The highest BCUT2D eigenvalue weighted by molar-refractivity contribution is 5.73. The summed E-state index contributed by atoms with van der Waals surface area (Å²) in [5, 5.41) is 0. The lowest BCUT2D eigenvalue weighted by molar-refractivity contribution is 0.271. The van der Waals surface area contributed by atoms with Crippen LogP contribution in [0.25, 0.3) is 22.8 Å². The number of rotatable bonds is 7. The van der Waals surface area contributed by atoms with E-state index >= 15 is 0 Å². The number of hydrogen-bond donors (Lipinski definition) is 0. The maximum absolute atomic E-state index is 13.2. The first-order valence-corrected chi connectivity index (χ1v) is 8.12. The lowest BCUT2D eigenvalue weighted by Gasteiger charge is -2.06. The van der Waals surface area contributed by atoms with Gasteiger partial charge in [-0.1, -0.05) is 0 Å². The quantitative estimate of drug-likeness (QED) is 0.479. The zero-order valence-electron chi connectivity index (χ0n) is 18.6. The summed E-state index contributed by atoms with van der Waals surface area (Å²) in [5.74, 6) is 0.601. The Kier molecular flexibility index (Phi) is 3.84. The predicted octanol–water partition coefficient (Wildman–Crippen LogP) is 3.31. The summed E-state index contributed by atoms with van der Waals surface area (Å²) >= 11 is 0. The third-order valence-corrected chi connectivity index (χ3v) is 3.64. The van der Waals surface area contributed by atoms with Gasteiger partial charge in [0.2, 0.25) is 11.6 Å². The summed E-state index contributed by atoms with van der Waals surface area (Å²) < 4.78 is 57.5. The molecule has 0 saturated carbocycles. The Hall–Kier alpha value is -3.62. The van der Waals surface area contributed by atoms with Crippen LogP contribution in [0.4, 0.5) is 4.39 Å². The van der Waals surface area contributed by atoms with Gasteiger partial charge in [0.05, 0.1) is 23.6 Å². The molecule has 9 heteroatoms. The Morgan fingerprint density at radius 3 is 2.75 bits per heavy atom. The molecule has 28 heavy (non-hydrogen) atoms. The van der Waals surface area contributed by atoms with Crippen molar-refractivity contribution in [1.29, 1.82) is 0 Å². The first kappa shape index (κ1) is 13.5. The number of pyridine rings is 2. The van der Waals surface area contributed by atoms with Crippen LogP contribution in [0.1, 0.15) is 16.9 Å². The molecule has 4 aromatic heterocycles. The number of ether oxygens (including phenoxy) is 2. The van der Waals surface area contributed by atoms with Gasteiger partial charge in [-0.25, -0.2) is 24.3 Å². The molecule has 0 N–H and O–H groups in total. The first-order chi connectivity index (χ1) is 15.1. The molecular weight excluding hydrogens is 364 g/mol. The zero-order chi connectivity index (χ0) is 22.9. The minimum Gasteiger partial charge on any atom is -0.489 e. The Bertz CT molecular complexity index is 1250. The van der Waals surface area contributed by atoms with Gasteiger partial charge in [-0.15, -0.1) is 0 Å². The molecule has 8 nitrogen and oxygen atoms in total. The molecule has 0 saturated heterocycles. The van der Waals surface area contributed by atoms with Crippen LogP contribution in [0.15, 0.2) is 47.4 Å². The summed E-state index contributed by atoms with van der Waals surface area (Å²) in [4.78, 5) is 20.8. The van der Waals surface area contributed by atoms with Gasteiger partial charge in [0.1, 0.15) is 48.8 Å². The molecular formula is C19H16FN5O3. The lowest BCUT2D eigenvalue weighted by Crippen LogP contribution is -2.01.